The molecule has 8 aliphatic heterocycles. The molecule has 8 heterocycles. The fraction of sp³-hybridized carbons (Fsp3) is 0.524. The van der Waals surface area contributed by atoms with Crippen molar-refractivity contribution in [1.29, 1.82) is 10.5 Å². The Morgan fingerprint density at radius 1 is 0.510 bits per heavy atom. The number of benzene rings is 4. The molecule has 0 unspecified atom stereocenters. The molecule has 0 radical (unpaired) electrons. The molecule has 8 saturated heterocycles. The molecule has 0 aromatic heterocycles. The second-order valence-electron chi connectivity index (χ2n) is 26.9. The molecule has 8 fully saturated rings. The van der Waals surface area contributed by atoms with Gasteiger partial charge in [0.05, 0.1) is 38.6 Å². The average molecular weight is 1510 g/mol. The van der Waals surface area contributed by atoms with Crippen LogP contribution >= 0.6 is 0 Å². The summed E-state index contributed by atoms with van der Waals surface area (Å²) in [5.74, 6) is -0.481. The second kappa shape index (κ2) is 50.4. The third kappa shape index (κ3) is 31.7. The van der Waals surface area contributed by atoms with Crippen molar-refractivity contribution in [2.24, 2.45) is 0 Å². The van der Waals surface area contributed by atoms with E-state index in [2.05, 4.69) is 160 Å². The Morgan fingerprint density at radius 3 is 1.18 bits per heavy atom. The SMILES string of the molecule is C1CCOC1.C=CCN(CC=C)C1(C#N)CCN(Cc2ccccc2)CC1.C=CCN(CC=C)C1(CCC2OCCO2)CCN(Cc2ccccc2)CC1.CN1C(=O)CC(=O)N(C)C1=O.N#CC1(O)CCN(Cc2ccccc2)CC1.O=C1CCN(Cc2ccccc2)CC1.[Br-].[CH2-]CC1OCCO1.[Mg+2]. The molecule has 104 heavy (non-hydrogen) atoms. The van der Waals surface area contributed by atoms with Crippen molar-refractivity contribution >= 4 is 46.7 Å². The van der Waals surface area contributed by atoms with Crippen LogP contribution < -0.4 is 17.0 Å². The van der Waals surface area contributed by atoms with E-state index >= 15 is 0 Å². The smallest absolute Gasteiger partial charge is 1.00 e. The zero-order valence-electron chi connectivity index (χ0n) is 62.2. The summed E-state index contributed by atoms with van der Waals surface area (Å²) in [4.78, 5) is 59.9. The zero-order chi connectivity index (χ0) is 73.3. The summed E-state index contributed by atoms with van der Waals surface area (Å²) >= 11 is 0. The number of carbonyl (C=O) groups is 4. The van der Waals surface area contributed by atoms with E-state index in [1.807, 2.05) is 60.7 Å². The number of amides is 4. The van der Waals surface area contributed by atoms with Crippen molar-refractivity contribution in [3.05, 3.63) is 201 Å². The first-order valence-electron chi connectivity index (χ1n) is 36.5. The van der Waals surface area contributed by atoms with Gasteiger partial charge in [0.2, 0.25) is 11.8 Å². The Bertz CT molecular complexity index is 3120. The Kier molecular flexibility index (Phi) is 43.8. The molecule has 0 atom stereocenters. The zero-order valence-corrected chi connectivity index (χ0v) is 65.2. The molecule has 20 nitrogen and oxygen atoms in total. The number of Topliss-reactive ketones (excluding diaryl/α,β-unsaturated/α-hetero) is 1. The molecule has 4 amide bonds. The number of aliphatic hydroxyl groups is 1. The number of ketones is 1. The number of rotatable bonds is 22. The van der Waals surface area contributed by atoms with Crippen LogP contribution in [0.5, 0.6) is 0 Å². The Balaban J connectivity index is 0.000000269. The van der Waals surface area contributed by atoms with Crippen LogP contribution in [0.25, 0.3) is 0 Å². The van der Waals surface area contributed by atoms with E-state index in [4.69, 9.17) is 28.9 Å². The maximum absolute atomic E-state index is 11.0. The van der Waals surface area contributed by atoms with Crippen molar-refractivity contribution in [3.63, 3.8) is 0 Å². The van der Waals surface area contributed by atoms with E-state index in [-0.39, 0.29) is 70.1 Å². The molecule has 8 aliphatic rings. The summed E-state index contributed by atoms with van der Waals surface area (Å²) in [7, 11) is 2.71. The summed E-state index contributed by atoms with van der Waals surface area (Å²) < 4.78 is 26.4. The Labute approximate surface area is 648 Å². The number of halogens is 1. The topological polar surface area (TPSA) is 208 Å². The number of imide groups is 2. The molecular formula is C82H115BrMgN10O10. The molecular weight excluding hydrogens is 1390 g/mol. The van der Waals surface area contributed by atoms with Crippen LogP contribution in [-0.2, 0) is 64.2 Å². The predicted molar refractivity (Wildman–Crippen MR) is 406 cm³/mol. The van der Waals surface area contributed by atoms with E-state index in [0.29, 0.717) is 18.6 Å². The van der Waals surface area contributed by atoms with Crippen molar-refractivity contribution < 1.29 is 65.0 Å². The number of urea groups is 1. The van der Waals surface area contributed by atoms with E-state index in [1.165, 1.54) is 49.2 Å². The first-order valence-corrected chi connectivity index (χ1v) is 36.5. The number of nitrogens with zero attached hydrogens (tertiary/aromatic N) is 10. The first kappa shape index (κ1) is 90.3. The minimum absolute atomic E-state index is 0. The maximum Gasteiger partial charge on any atom is 2.00 e. The molecule has 0 saturated carbocycles. The third-order valence-electron chi connectivity index (χ3n) is 19.6. The number of ether oxygens (including phenoxy) is 5. The van der Waals surface area contributed by atoms with E-state index in [0.717, 1.165) is 212 Å². The summed E-state index contributed by atoms with van der Waals surface area (Å²) in [6.07, 6.45) is 19.5. The second-order valence-corrected chi connectivity index (χ2v) is 26.9. The largest absolute Gasteiger partial charge is 2.00 e. The molecule has 562 valence electrons. The van der Waals surface area contributed by atoms with Crippen molar-refractivity contribution in [2.75, 3.05) is 132 Å². The third-order valence-corrected chi connectivity index (χ3v) is 19.6. The molecule has 0 bridgehead atoms. The average Bonchev–Trinajstić information content (AvgIpc) is 0.960. The number of piperidine rings is 4. The van der Waals surface area contributed by atoms with Gasteiger partial charge in [0.25, 0.3) is 0 Å². The molecule has 0 spiro atoms. The number of nitriles is 2. The van der Waals surface area contributed by atoms with E-state index in [1.54, 1.807) is 0 Å². The normalized spacial score (nSPS) is 19.6. The van der Waals surface area contributed by atoms with E-state index < -0.39 is 23.4 Å². The molecule has 0 aliphatic carbocycles. The maximum atomic E-state index is 11.0. The Hall–Kier alpha value is -6.13. The molecule has 22 heteroatoms. The van der Waals surface area contributed by atoms with Crippen molar-refractivity contribution in [3.8, 4) is 12.1 Å². The standard InChI is InChI=1S/C23H34N2O2.C19H25N3.C13H16N2O.C12H15NO.C6H8N2O3.C5H9O2.C4H8O.BrH.Mg/c1-3-14-25(15-4-2)23(11-10-22-26-18-19-27-22)12-16-24(17-13-23)20-21-8-6-5-7-9-21;1-3-12-22(13-4-2)19(17-20)10-14-21(15-11-19)16-18-8-6-5-7-9-18;14-11-13(16)6-8-15(9-7-13)10-12-4-2-1-3-5-12;14-12-6-8-13(9-7-12)10-11-4-2-1-3-5-11;1-7-4(9)3-5(10)8(2)6(7)11;1-2-5-6-3-4-7-5;1-2-4-5-3-1;;/h3-9,22H,1-2,10-20H2;3-9H,1-2,10-16H2;1-5,16H,6-10H2;1-5H,6-10H2;3H2,1-2H3;5H,1-4H2;1-4H2;1H;/q;;;;;-1;;;+2/p-1. The quantitative estimate of drug-likeness (QED) is 0.0261. The molecule has 4 aromatic rings. The number of hydrogen-bond acceptors (Lipinski definition) is 18. The van der Waals surface area contributed by atoms with Crippen LogP contribution in [0.2, 0.25) is 0 Å². The van der Waals surface area contributed by atoms with Gasteiger partial charge in [-0.3, -0.25) is 53.6 Å². The van der Waals surface area contributed by atoms with Gasteiger partial charge in [0, 0.05) is 170 Å². The van der Waals surface area contributed by atoms with Gasteiger partial charge in [-0.15, -0.1) is 32.7 Å². The van der Waals surface area contributed by atoms with Crippen LogP contribution in [0.4, 0.5) is 4.79 Å². The predicted octanol–water partition coefficient (Wildman–Crippen LogP) is 7.89. The van der Waals surface area contributed by atoms with Crippen LogP contribution in [0.1, 0.15) is 112 Å². The summed E-state index contributed by atoms with van der Waals surface area (Å²) in [6, 6.07) is 46.0. The van der Waals surface area contributed by atoms with Crippen LogP contribution in [-0.4, -0.2) is 253 Å². The van der Waals surface area contributed by atoms with Gasteiger partial charge >= 0.3 is 29.1 Å². The van der Waals surface area contributed by atoms with Gasteiger partial charge in [-0.25, -0.2) is 4.79 Å². The number of carbonyl (C=O) groups excluding carboxylic acids is 4. The minimum Gasteiger partial charge on any atom is -1.00 e. The van der Waals surface area contributed by atoms with Gasteiger partial charge in [0.15, 0.2) is 11.9 Å². The number of likely N-dealkylation sites (tertiary alicyclic amines) is 4. The van der Waals surface area contributed by atoms with Crippen LogP contribution in [0.15, 0.2) is 172 Å². The number of hydrogen-bond donors (Lipinski definition) is 1. The summed E-state index contributed by atoms with van der Waals surface area (Å²) in [6.45, 7) is 38.9. The minimum atomic E-state index is -1.09. The first-order chi connectivity index (χ1) is 49.5. The summed E-state index contributed by atoms with van der Waals surface area (Å²) in [5, 5.41) is 28.3. The Morgan fingerprint density at radius 2 is 0.856 bits per heavy atom. The van der Waals surface area contributed by atoms with Crippen LogP contribution in [0.3, 0.4) is 0 Å². The number of barbiturate groups is 1. The fourth-order valence-electron chi connectivity index (χ4n) is 13.3. The molecule has 1 N–H and O–H groups in total. The monoisotopic (exact) mass is 1500 g/mol. The fourth-order valence-corrected chi connectivity index (χ4v) is 13.3. The molecule has 4 aromatic carbocycles. The van der Waals surface area contributed by atoms with Crippen molar-refractivity contribution in [2.45, 2.75) is 145 Å². The van der Waals surface area contributed by atoms with Gasteiger partial charge in [-0.1, -0.05) is 146 Å². The van der Waals surface area contributed by atoms with Gasteiger partial charge in [-0.05, 0) is 67.2 Å². The van der Waals surface area contributed by atoms with Gasteiger partial charge in [0.1, 0.15) is 24.0 Å². The van der Waals surface area contributed by atoms with Gasteiger partial charge < -0.3 is 52.7 Å². The van der Waals surface area contributed by atoms with Crippen LogP contribution in [0, 0.1) is 29.6 Å². The van der Waals surface area contributed by atoms with Gasteiger partial charge in [-0.2, -0.15) is 10.5 Å². The van der Waals surface area contributed by atoms with E-state index in [9.17, 15) is 29.5 Å². The van der Waals surface area contributed by atoms with Crippen molar-refractivity contribution in [1.82, 2.24) is 39.2 Å². The molecule has 12 rings (SSSR count). The summed E-state index contributed by atoms with van der Waals surface area (Å²) in [5.41, 5.74) is 4.05.